The number of hydrogen-bond donors (Lipinski definition) is 0. The van der Waals surface area contributed by atoms with Crippen LogP contribution in [0.15, 0.2) is 59.8 Å². The number of pyridine rings is 2. The summed E-state index contributed by atoms with van der Waals surface area (Å²) >= 11 is 1.41. The fourth-order valence-corrected chi connectivity index (χ4v) is 5.78. The Kier molecular flexibility index (Phi) is 7.67. The molecule has 37 heavy (non-hydrogen) atoms. The summed E-state index contributed by atoms with van der Waals surface area (Å²) in [5.74, 6) is -2.34. The molecule has 0 fully saturated rings. The maximum absolute atomic E-state index is 14.1. The van der Waals surface area contributed by atoms with E-state index in [-0.39, 0.29) is 47.0 Å². The minimum atomic E-state index is -4.52. The second kappa shape index (κ2) is 10.5. The largest absolute Gasteiger partial charge is 1.00 e. The molecule has 8 nitrogen and oxygen atoms in total. The Bertz CT molecular complexity index is 1630. The van der Waals surface area contributed by atoms with Crippen molar-refractivity contribution in [3.63, 3.8) is 0 Å². The number of halogens is 2. The van der Waals surface area contributed by atoms with Crippen LogP contribution in [0.25, 0.3) is 25.6 Å². The second-order valence-corrected chi connectivity index (χ2v) is 10.6. The number of ether oxygens (including phenoxy) is 1. The number of amides is 1. The monoisotopic (exact) mass is 550 g/mol. The van der Waals surface area contributed by atoms with Gasteiger partial charge >= 0.3 is 29.6 Å². The average molecular weight is 551 g/mol. The van der Waals surface area contributed by atoms with Gasteiger partial charge in [0.2, 0.25) is 0 Å². The number of fused-ring (bicyclic) bond motifs is 1. The third kappa shape index (κ3) is 5.25. The molecule has 1 amide bonds. The summed E-state index contributed by atoms with van der Waals surface area (Å²) in [7, 11) is -1.49. The summed E-state index contributed by atoms with van der Waals surface area (Å²) in [5, 5.41) is 0. The van der Waals surface area contributed by atoms with Crippen LogP contribution >= 0.6 is 11.3 Å². The topological polar surface area (TPSA) is 104 Å². The van der Waals surface area contributed by atoms with Crippen LogP contribution in [0.3, 0.4) is 0 Å². The number of thiophene rings is 1. The molecular weight excluding hydrogens is 533 g/mol. The molecule has 0 N–H and O–H groups in total. The molecule has 0 spiro atoms. The summed E-state index contributed by atoms with van der Waals surface area (Å²) in [6.45, 7) is 0.490. The first-order valence-electron chi connectivity index (χ1n) is 10.5. The number of aromatic nitrogens is 2. The van der Waals surface area contributed by atoms with Gasteiger partial charge in [-0.3, -0.25) is 9.78 Å². The van der Waals surface area contributed by atoms with Gasteiger partial charge in [-0.05, 0) is 30.3 Å². The van der Waals surface area contributed by atoms with Gasteiger partial charge in [-0.1, -0.05) is 11.8 Å². The molecule has 3 aromatic heterocycles. The molecule has 184 valence electrons. The summed E-state index contributed by atoms with van der Waals surface area (Å²) in [4.78, 5) is 23.1. The SMILES string of the molecule is COc1ncc(-c2ccc(-c3cnc4c(c3)CN(C)C4=O)s2)cc1[N-]S(=O)(=O)c1ccc(F)cc1F.[Na+]. The van der Waals surface area contributed by atoms with Crippen LogP contribution in [0.1, 0.15) is 16.1 Å². The smallest absolute Gasteiger partial charge is 0.568 e. The van der Waals surface area contributed by atoms with Crippen LogP contribution in [-0.4, -0.2) is 43.4 Å². The van der Waals surface area contributed by atoms with Crippen LogP contribution in [0.2, 0.25) is 0 Å². The summed E-state index contributed by atoms with van der Waals surface area (Å²) in [6.07, 6.45) is 3.15. The van der Waals surface area contributed by atoms with Crippen LogP contribution in [-0.2, 0) is 16.6 Å². The third-order valence-corrected chi connectivity index (χ3v) is 8.02. The van der Waals surface area contributed by atoms with E-state index in [9.17, 15) is 22.0 Å². The average Bonchev–Trinajstić information content (AvgIpc) is 3.43. The van der Waals surface area contributed by atoms with Crippen molar-refractivity contribution in [2.45, 2.75) is 11.4 Å². The van der Waals surface area contributed by atoms with Gasteiger partial charge in [-0.25, -0.2) is 22.2 Å². The van der Waals surface area contributed by atoms with Crippen molar-refractivity contribution in [3.8, 4) is 26.8 Å². The first-order chi connectivity index (χ1) is 17.2. The molecule has 5 rings (SSSR count). The van der Waals surface area contributed by atoms with E-state index < -0.39 is 26.6 Å². The van der Waals surface area contributed by atoms with Crippen LogP contribution < -0.4 is 34.3 Å². The Hall–Kier alpha value is -2.90. The Morgan fingerprint density at radius 2 is 1.70 bits per heavy atom. The van der Waals surface area contributed by atoms with Crippen molar-refractivity contribution < 1.29 is 56.3 Å². The zero-order valence-corrected chi connectivity index (χ0v) is 23.5. The molecule has 4 heterocycles. The van der Waals surface area contributed by atoms with Gasteiger partial charge in [0, 0.05) is 58.5 Å². The number of rotatable bonds is 6. The number of carbonyl (C=O) groups is 1. The molecule has 0 unspecified atom stereocenters. The zero-order valence-electron chi connectivity index (χ0n) is 19.9. The third-order valence-electron chi connectivity index (χ3n) is 5.51. The van der Waals surface area contributed by atoms with E-state index in [4.69, 9.17) is 4.74 Å². The normalized spacial score (nSPS) is 12.8. The van der Waals surface area contributed by atoms with E-state index in [1.807, 2.05) is 18.2 Å². The van der Waals surface area contributed by atoms with E-state index in [0.717, 1.165) is 33.0 Å². The van der Waals surface area contributed by atoms with E-state index in [2.05, 4.69) is 14.7 Å². The number of methoxy groups -OCH3 is 1. The molecule has 0 aliphatic carbocycles. The second-order valence-electron chi connectivity index (χ2n) is 7.95. The maximum atomic E-state index is 14.1. The fraction of sp³-hybridized carbons (Fsp3) is 0.125. The molecule has 4 aromatic rings. The predicted octanol–water partition coefficient (Wildman–Crippen LogP) is 2.14. The number of benzene rings is 1. The molecule has 0 bridgehead atoms. The van der Waals surface area contributed by atoms with Gasteiger partial charge in [0.05, 0.1) is 12.0 Å². The molecular formula is C24H17F2N4NaO4S2. The number of hydrogen-bond acceptors (Lipinski definition) is 7. The first kappa shape index (κ1) is 27.1. The number of carbonyl (C=O) groups excluding carboxylic acids is 1. The summed E-state index contributed by atoms with van der Waals surface area (Å²) in [5.41, 5.74) is 2.57. The van der Waals surface area contributed by atoms with Crippen molar-refractivity contribution in [1.82, 2.24) is 14.9 Å². The van der Waals surface area contributed by atoms with E-state index in [1.54, 1.807) is 18.1 Å². The van der Waals surface area contributed by atoms with E-state index in [1.165, 1.54) is 30.7 Å². The molecule has 13 heteroatoms. The Morgan fingerprint density at radius 3 is 2.38 bits per heavy atom. The maximum Gasteiger partial charge on any atom is 1.00 e. The molecule has 0 saturated carbocycles. The van der Waals surface area contributed by atoms with Gasteiger partial charge in [0.15, 0.2) is 5.88 Å². The van der Waals surface area contributed by atoms with Gasteiger partial charge in [0.25, 0.3) is 5.91 Å². The molecule has 1 aliphatic rings. The summed E-state index contributed by atoms with van der Waals surface area (Å²) in [6, 6.07) is 9.25. The minimum Gasteiger partial charge on any atom is -0.568 e. The Balaban J connectivity index is 0.00000320. The molecule has 1 aromatic carbocycles. The van der Waals surface area contributed by atoms with Crippen molar-refractivity contribution in [2.75, 3.05) is 14.2 Å². The Morgan fingerprint density at radius 1 is 1.03 bits per heavy atom. The van der Waals surface area contributed by atoms with Crippen LogP contribution in [0.4, 0.5) is 14.5 Å². The summed E-state index contributed by atoms with van der Waals surface area (Å²) < 4.78 is 61.7. The fourth-order valence-electron chi connectivity index (χ4n) is 3.78. The quantitative estimate of drug-likeness (QED) is 0.341. The molecule has 1 aliphatic heterocycles. The van der Waals surface area contributed by atoms with Gasteiger partial charge in [0.1, 0.15) is 27.4 Å². The predicted molar refractivity (Wildman–Crippen MR) is 130 cm³/mol. The van der Waals surface area contributed by atoms with Crippen molar-refractivity contribution >= 4 is 33.0 Å². The van der Waals surface area contributed by atoms with Gasteiger partial charge in [-0.2, -0.15) is 0 Å². The van der Waals surface area contributed by atoms with Crippen molar-refractivity contribution in [2.24, 2.45) is 0 Å². The molecule has 0 atom stereocenters. The number of sulfonamides is 1. The van der Waals surface area contributed by atoms with Crippen molar-refractivity contribution in [3.05, 3.63) is 82.5 Å². The van der Waals surface area contributed by atoms with E-state index >= 15 is 0 Å². The molecule has 0 saturated heterocycles. The van der Waals surface area contributed by atoms with Crippen LogP contribution in [0.5, 0.6) is 5.88 Å². The number of nitrogens with zero attached hydrogens (tertiary/aromatic N) is 4. The Labute approximate surface area is 237 Å². The zero-order chi connectivity index (χ0) is 25.6. The van der Waals surface area contributed by atoms with Crippen molar-refractivity contribution in [1.29, 1.82) is 0 Å². The standard InChI is InChI=1S/C24H17F2N4O4S2.Na/c1-30-12-15-7-13(10-27-22(15)24(30)31)19-4-5-20(35-19)14-8-18(23(34-2)28-11-14)29-36(32,33)21-6-3-16(25)9-17(21)26;/h3-11H,12H2,1-2H3;/q-1;+1. The van der Waals surface area contributed by atoms with E-state index in [0.29, 0.717) is 23.9 Å². The first-order valence-corrected chi connectivity index (χ1v) is 12.7. The minimum absolute atomic E-state index is 0. The van der Waals surface area contributed by atoms with Gasteiger partial charge < -0.3 is 14.4 Å². The van der Waals surface area contributed by atoms with Crippen LogP contribution in [0, 0.1) is 11.6 Å². The van der Waals surface area contributed by atoms with Gasteiger partial charge in [-0.15, -0.1) is 11.3 Å². The molecule has 0 radical (unpaired) electrons.